The van der Waals surface area contributed by atoms with Crippen molar-refractivity contribution in [1.29, 1.82) is 0 Å². The molecule has 0 heterocycles. The van der Waals surface area contributed by atoms with Crippen LogP contribution in [-0.2, 0) is 16.0 Å². The van der Waals surface area contributed by atoms with E-state index in [1.54, 1.807) is 0 Å². The molecule has 18 heavy (non-hydrogen) atoms. The van der Waals surface area contributed by atoms with E-state index in [4.69, 9.17) is 4.74 Å². The SMILES string of the molecule is COC(=O)C1CC(=O)c2cc(F)c(OC)cc2C1. The summed E-state index contributed by atoms with van der Waals surface area (Å²) in [6.07, 6.45) is 0.426. The lowest BCUT2D eigenvalue weighted by molar-refractivity contribution is -0.145. The van der Waals surface area contributed by atoms with Crippen LogP contribution in [0.3, 0.4) is 0 Å². The van der Waals surface area contributed by atoms with Gasteiger partial charge in [-0.25, -0.2) is 4.39 Å². The van der Waals surface area contributed by atoms with Crippen LogP contribution in [-0.4, -0.2) is 26.0 Å². The van der Waals surface area contributed by atoms with E-state index in [0.717, 1.165) is 0 Å². The Morgan fingerprint density at radius 1 is 1.33 bits per heavy atom. The lowest BCUT2D eigenvalue weighted by Gasteiger charge is -2.22. The molecular weight excluding hydrogens is 239 g/mol. The highest BCUT2D eigenvalue weighted by atomic mass is 19.1. The number of Topliss-reactive ketones (excluding diaryl/α,β-unsaturated/α-hetero) is 1. The Morgan fingerprint density at radius 3 is 2.67 bits per heavy atom. The van der Waals surface area contributed by atoms with Gasteiger partial charge in [-0.2, -0.15) is 0 Å². The molecule has 1 aliphatic carbocycles. The molecule has 0 saturated carbocycles. The van der Waals surface area contributed by atoms with E-state index in [1.165, 1.54) is 26.4 Å². The van der Waals surface area contributed by atoms with E-state index < -0.39 is 17.7 Å². The van der Waals surface area contributed by atoms with E-state index in [1.807, 2.05) is 0 Å². The molecule has 0 saturated heterocycles. The maximum atomic E-state index is 13.5. The minimum atomic E-state index is -0.568. The average Bonchev–Trinajstić information content (AvgIpc) is 2.37. The van der Waals surface area contributed by atoms with E-state index in [0.29, 0.717) is 17.5 Å². The van der Waals surface area contributed by atoms with Crippen LogP contribution in [0.4, 0.5) is 4.39 Å². The van der Waals surface area contributed by atoms with Crippen LogP contribution in [0.1, 0.15) is 22.3 Å². The van der Waals surface area contributed by atoms with Crippen molar-refractivity contribution in [2.24, 2.45) is 5.92 Å². The van der Waals surface area contributed by atoms with Crippen molar-refractivity contribution in [2.45, 2.75) is 12.8 Å². The second-order valence-corrected chi connectivity index (χ2v) is 4.20. The summed E-state index contributed by atoms with van der Waals surface area (Å²) >= 11 is 0. The first-order valence-corrected chi connectivity index (χ1v) is 5.54. The van der Waals surface area contributed by atoms with Gasteiger partial charge in [0.05, 0.1) is 20.1 Å². The largest absolute Gasteiger partial charge is 0.494 e. The summed E-state index contributed by atoms with van der Waals surface area (Å²) in [5, 5.41) is 0. The van der Waals surface area contributed by atoms with E-state index in [-0.39, 0.29) is 18.0 Å². The first-order chi connectivity index (χ1) is 8.56. The number of rotatable bonds is 2. The highest BCUT2D eigenvalue weighted by molar-refractivity contribution is 6.01. The standard InChI is InChI=1S/C13H13FO4/c1-17-12-5-7-3-8(13(16)18-2)4-11(15)9(7)6-10(12)14/h5-6,8H,3-4H2,1-2H3. The number of carbonyl (C=O) groups is 2. The summed E-state index contributed by atoms with van der Waals surface area (Å²) in [4.78, 5) is 23.3. The number of ether oxygens (including phenoxy) is 2. The van der Waals surface area contributed by atoms with Crippen LogP contribution >= 0.6 is 0 Å². The van der Waals surface area contributed by atoms with Gasteiger partial charge in [-0.15, -0.1) is 0 Å². The topological polar surface area (TPSA) is 52.6 Å². The zero-order valence-corrected chi connectivity index (χ0v) is 10.2. The molecule has 96 valence electrons. The zero-order chi connectivity index (χ0) is 13.3. The summed E-state index contributed by atoms with van der Waals surface area (Å²) < 4.78 is 23.0. The van der Waals surface area contributed by atoms with Gasteiger partial charge < -0.3 is 9.47 Å². The molecule has 0 amide bonds. The second kappa shape index (κ2) is 4.76. The van der Waals surface area contributed by atoms with Crippen LogP contribution in [0.5, 0.6) is 5.75 Å². The second-order valence-electron chi connectivity index (χ2n) is 4.20. The molecule has 1 aliphatic rings. The zero-order valence-electron chi connectivity index (χ0n) is 10.2. The Bertz CT molecular complexity index is 510. The highest BCUT2D eigenvalue weighted by Crippen LogP contribution is 2.31. The molecule has 0 bridgehead atoms. The van der Waals surface area contributed by atoms with Crippen LogP contribution in [0.25, 0.3) is 0 Å². The summed E-state index contributed by atoms with van der Waals surface area (Å²) in [7, 11) is 2.64. The smallest absolute Gasteiger partial charge is 0.309 e. The number of ketones is 1. The molecule has 0 fully saturated rings. The molecule has 1 atom stereocenters. The van der Waals surface area contributed by atoms with Gasteiger partial charge in [0.15, 0.2) is 17.3 Å². The maximum absolute atomic E-state index is 13.5. The van der Waals surface area contributed by atoms with Crippen molar-refractivity contribution in [3.63, 3.8) is 0 Å². The number of fused-ring (bicyclic) bond motifs is 1. The quantitative estimate of drug-likeness (QED) is 0.752. The number of carbonyl (C=O) groups excluding carboxylic acids is 2. The first-order valence-electron chi connectivity index (χ1n) is 5.54. The van der Waals surface area contributed by atoms with Gasteiger partial charge >= 0.3 is 5.97 Å². The molecule has 1 aromatic carbocycles. The van der Waals surface area contributed by atoms with E-state index in [2.05, 4.69) is 4.74 Å². The minimum absolute atomic E-state index is 0.0610. The summed E-state index contributed by atoms with van der Waals surface area (Å²) in [6.45, 7) is 0. The molecule has 0 spiro atoms. The van der Waals surface area contributed by atoms with Gasteiger partial charge in [-0.3, -0.25) is 9.59 Å². The van der Waals surface area contributed by atoms with E-state index in [9.17, 15) is 14.0 Å². The fourth-order valence-electron chi connectivity index (χ4n) is 2.19. The third-order valence-electron chi connectivity index (χ3n) is 3.11. The van der Waals surface area contributed by atoms with Crippen molar-refractivity contribution < 1.29 is 23.5 Å². The highest BCUT2D eigenvalue weighted by Gasteiger charge is 2.31. The average molecular weight is 252 g/mol. The lowest BCUT2D eigenvalue weighted by atomic mass is 9.83. The Labute approximate surface area is 104 Å². The lowest BCUT2D eigenvalue weighted by Crippen LogP contribution is -2.27. The Morgan fingerprint density at radius 2 is 2.06 bits per heavy atom. The fourth-order valence-corrected chi connectivity index (χ4v) is 2.19. The van der Waals surface area contributed by atoms with Gasteiger partial charge in [0.2, 0.25) is 0 Å². The van der Waals surface area contributed by atoms with Crippen molar-refractivity contribution in [1.82, 2.24) is 0 Å². The van der Waals surface area contributed by atoms with Gasteiger partial charge in [0.1, 0.15) is 0 Å². The number of halogens is 1. The molecule has 0 radical (unpaired) electrons. The Hall–Kier alpha value is -1.91. The van der Waals surface area contributed by atoms with Crippen LogP contribution < -0.4 is 4.74 Å². The normalized spacial score (nSPS) is 18.2. The molecular formula is C13H13FO4. The van der Waals surface area contributed by atoms with Gasteiger partial charge in [-0.05, 0) is 24.1 Å². The molecule has 1 aromatic rings. The van der Waals surface area contributed by atoms with Crippen molar-refractivity contribution in [3.05, 3.63) is 29.1 Å². The maximum Gasteiger partial charge on any atom is 0.309 e. The number of benzene rings is 1. The summed E-state index contributed by atoms with van der Waals surface area (Å²) in [5.74, 6) is -1.65. The monoisotopic (exact) mass is 252 g/mol. The number of hydrogen-bond acceptors (Lipinski definition) is 4. The Balaban J connectivity index is 2.40. The van der Waals surface area contributed by atoms with Gasteiger partial charge in [0.25, 0.3) is 0 Å². The predicted octanol–water partition coefficient (Wildman–Crippen LogP) is 1.75. The number of hydrogen-bond donors (Lipinski definition) is 0. The molecule has 0 N–H and O–H groups in total. The minimum Gasteiger partial charge on any atom is -0.494 e. The first kappa shape index (κ1) is 12.5. The molecule has 0 aliphatic heterocycles. The van der Waals surface area contributed by atoms with E-state index >= 15 is 0 Å². The number of esters is 1. The molecule has 4 nitrogen and oxygen atoms in total. The van der Waals surface area contributed by atoms with Gasteiger partial charge in [-0.1, -0.05) is 0 Å². The van der Waals surface area contributed by atoms with Crippen LogP contribution in [0, 0.1) is 11.7 Å². The van der Waals surface area contributed by atoms with Crippen molar-refractivity contribution >= 4 is 11.8 Å². The molecule has 2 rings (SSSR count). The Kier molecular flexibility index (Phi) is 3.32. The summed E-state index contributed by atoms with van der Waals surface area (Å²) in [5.41, 5.74) is 0.952. The van der Waals surface area contributed by atoms with Crippen molar-refractivity contribution in [2.75, 3.05) is 14.2 Å². The van der Waals surface area contributed by atoms with Crippen molar-refractivity contribution in [3.8, 4) is 5.75 Å². The molecule has 1 unspecified atom stereocenters. The van der Waals surface area contributed by atoms with Crippen LogP contribution in [0.2, 0.25) is 0 Å². The molecule has 0 aromatic heterocycles. The van der Waals surface area contributed by atoms with Crippen LogP contribution in [0.15, 0.2) is 12.1 Å². The fraction of sp³-hybridized carbons (Fsp3) is 0.385. The third-order valence-corrected chi connectivity index (χ3v) is 3.11. The predicted molar refractivity (Wildman–Crippen MR) is 61.1 cm³/mol. The third kappa shape index (κ3) is 2.08. The summed E-state index contributed by atoms with van der Waals surface area (Å²) in [6, 6.07) is 2.64. The molecule has 5 heteroatoms. The van der Waals surface area contributed by atoms with Gasteiger partial charge in [0, 0.05) is 12.0 Å². The number of methoxy groups -OCH3 is 2.